The molecule has 1 atom stereocenters. The minimum Gasteiger partial charge on any atom is -0.392 e. The summed E-state index contributed by atoms with van der Waals surface area (Å²) in [6, 6.07) is -0.456. The largest absolute Gasteiger partial charge is 0.392 e. The summed E-state index contributed by atoms with van der Waals surface area (Å²) in [7, 11) is 0. The van der Waals surface area contributed by atoms with Gasteiger partial charge in [-0.3, -0.25) is 14.5 Å². The van der Waals surface area contributed by atoms with Gasteiger partial charge in [-0.15, -0.1) is 0 Å². The van der Waals surface area contributed by atoms with Crippen molar-refractivity contribution < 1.29 is 9.59 Å². The molecule has 5 heteroatoms. The molecule has 4 nitrogen and oxygen atoms in total. The molecule has 1 heterocycles. The number of imide groups is 1. The molecule has 18 heavy (non-hydrogen) atoms. The highest BCUT2D eigenvalue weighted by molar-refractivity contribution is 7.80. The van der Waals surface area contributed by atoms with Crippen LogP contribution in [0.3, 0.4) is 0 Å². The van der Waals surface area contributed by atoms with E-state index < -0.39 is 11.5 Å². The lowest BCUT2D eigenvalue weighted by molar-refractivity contribution is -0.142. The van der Waals surface area contributed by atoms with Crippen LogP contribution < -0.4 is 5.73 Å². The molecule has 1 aliphatic carbocycles. The molecule has 100 valence electrons. The fourth-order valence-electron chi connectivity index (χ4n) is 3.13. The summed E-state index contributed by atoms with van der Waals surface area (Å²) >= 11 is 4.91. The summed E-state index contributed by atoms with van der Waals surface area (Å²) < 4.78 is 0. The van der Waals surface area contributed by atoms with Crippen molar-refractivity contribution in [1.82, 2.24) is 4.90 Å². The maximum Gasteiger partial charge on any atom is 0.236 e. The van der Waals surface area contributed by atoms with Gasteiger partial charge in [0.15, 0.2) is 0 Å². The maximum atomic E-state index is 12.6. The van der Waals surface area contributed by atoms with E-state index in [-0.39, 0.29) is 16.8 Å². The second kappa shape index (κ2) is 4.96. The predicted octanol–water partition coefficient (Wildman–Crippen LogP) is 1.76. The highest BCUT2D eigenvalue weighted by Crippen LogP contribution is 2.44. The number of nitrogens with two attached hydrogens (primary N) is 1. The van der Waals surface area contributed by atoms with Gasteiger partial charge < -0.3 is 5.73 Å². The quantitative estimate of drug-likeness (QED) is 0.612. The molecule has 0 bridgehead atoms. The van der Waals surface area contributed by atoms with Gasteiger partial charge in [-0.05, 0) is 19.8 Å². The van der Waals surface area contributed by atoms with Crippen LogP contribution in [0.15, 0.2) is 0 Å². The van der Waals surface area contributed by atoms with E-state index in [0.717, 1.165) is 38.5 Å². The Hall–Kier alpha value is -0.970. The summed E-state index contributed by atoms with van der Waals surface area (Å²) in [5.74, 6) is -0.156. The van der Waals surface area contributed by atoms with Crippen LogP contribution in [-0.2, 0) is 9.59 Å². The Kier molecular flexibility index (Phi) is 3.71. The number of thiocarbonyl (C=S) groups is 1. The van der Waals surface area contributed by atoms with Gasteiger partial charge in [0.05, 0.1) is 16.4 Å². The highest BCUT2D eigenvalue weighted by atomic mass is 32.1. The van der Waals surface area contributed by atoms with Crippen molar-refractivity contribution in [2.24, 2.45) is 11.1 Å². The van der Waals surface area contributed by atoms with Gasteiger partial charge in [0.25, 0.3) is 0 Å². The summed E-state index contributed by atoms with van der Waals surface area (Å²) in [6.07, 6.45) is 6.40. The standard InChI is InChI=1S/C13H20N2O2S/c1-9(11(14)18)15-10(16)8-13(12(15)17)6-4-2-3-5-7-13/h9H,2-8H2,1H3,(H2,14,18). The third-order valence-corrected chi connectivity index (χ3v) is 4.63. The second-order valence-electron chi connectivity index (χ2n) is 5.52. The average Bonchev–Trinajstić information content (AvgIpc) is 2.49. The van der Waals surface area contributed by atoms with Crippen molar-refractivity contribution in [2.45, 2.75) is 57.9 Å². The van der Waals surface area contributed by atoms with Crippen molar-refractivity contribution in [3.8, 4) is 0 Å². The van der Waals surface area contributed by atoms with Gasteiger partial charge in [0.1, 0.15) is 0 Å². The second-order valence-corrected chi connectivity index (χ2v) is 5.99. The third kappa shape index (κ3) is 2.16. The molecular formula is C13H20N2O2S. The van der Waals surface area contributed by atoms with Gasteiger partial charge in [-0.2, -0.15) is 0 Å². The molecule has 2 amide bonds. The van der Waals surface area contributed by atoms with Crippen LogP contribution in [-0.4, -0.2) is 27.7 Å². The van der Waals surface area contributed by atoms with E-state index in [4.69, 9.17) is 18.0 Å². The first-order valence-corrected chi connectivity index (χ1v) is 7.04. The van der Waals surface area contributed by atoms with Crippen molar-refractivity contribution >= 4 is 29.0 Å². The van der Waals surface area contributed by atoms with Crippen LogP contribution in [0, 0.1) is 5.41 Å². The minimum absolute atomic E-state index is 0.0466. The average molecular weight is 268 g/mol. The maximum absolute atomic E-state index is 12.6. The summed E-state index contributed by atoms with van der Waals surface area (Å²) in [4.78, 5) is 26.2. The number of amides is 2. The van der Waals surface area contributed by atoms with E-state index in [1.54, 1.807) is 6.92 Å². The first-order chi connectivity index (χ1) is 8.48. The zero-order valence-corrected chi connectivity index (χ0v) is 11.6. The van der Waals surface area contributed by atoms with E-state index in [9.17, 15) is 9.59 Å². The first kappa shape index (κ1) is 13.5. The smallest absolute Gasteiger partial charge is 0.236 e. The van der Waals surface area contributed by atoms with Crippen molar-refractivity contribution in [1.29, 1.82) is 0 Å². The topological polar surface area (TPSA) is 63.4 Å². The fraction of sp³-hybridized carbons (Fsp3) is 0.769. The molecular weight excluding hydrogens is 248 g/mol. The SMILES string of the molecule is CC(C(N)=S)N1C(=O)CC2(CCCCCC2)C1=O. The summed E-state index contributed by atoms with van der Waals surface area (Å²) in [5.41, 5.74) is 5.12. The normalized spacial score (nSPS) is 25.3. The monoisotopic (exact) mass is 268 g/mol. The zero-order valence-electron chi connectivity index (χ0n) is 10.8. The van der Waals surface area contributed by atoms with E-state index in [0.29, 0.717) is 6.42 Å². The van der Waals surface area contributed by atoms with Crippen molar-refractivity contribution in [3.63, 3.8) is 0 Å². The van der Waals surface area contributed by atoms with Crippen molar-refractivity contribution in [2.75, 3.05) is 0 Å². The van der Waals surface area contributed by atoms with E-state index in [1.165, 1.54) is 4.90 Å². The Morgan fingerprint density at radius 2 is 1.83 bits per heavy atom. The molecule has 0 aromatic rings. The van der Waals surface area contributed by atoms with Gasteiger partial charge in [-0.25, -0.2) is 0 Å². The van der Waals surface area contributed by atoms with E-state index in [2.05, 4.69) is 0 Å². The van der Waals surface area contributed by atoms with Gasteiger partial charge >= 0.3 is 0 Å². The molecule has 2 rings (SSSR count). The van der Waals surface area contributed by atoms with Crippen LogP contribution in [0.5, 0.6) is 0 Å². The number of carbonyl (C=O) groups excluding carboxylic acids is 2. The lowest BCUT2D eigenvalue weighted by Crippen LogP contribution is -2.46. The third-order valence-electron chi connectivity index (χ3n) is 4.29. The highest BCUT2D eigenvalue weighted by Gasteiger charge is 2.52. The van der Waals surface area contributed by atoms with Crippen LogP contribution in [0.1, 0.15) is 51.9 Å². The minimum atomic E-state index is -0.456. The molecule has 2 fully saturated rings. The molecule has 1 aliphatic heterocycles. The van der Waals surface area contributed by atoms with Crippen molar-refractivity contribution in [3.05, 3.63) is 0 Å². The summed E-state index contributed by atoms with van der Waals surface area (Å²) in [5, 5.41) is 0. The molecule has 1 unspecified atom stereocenters. The number of rotatable bonds is 2. The zero-order chi connectivity index (χ0) is 13.3. The van der Waals surface area contributed by atoms with E-state index >= 15 is 0 Å². The van der Waals surface area contributed by atoms with Crippen LogP contribution in [0.25, 0.3) is 0 Å². The Labute approximate surface area is 113 Å². The number of hydrogen-bond acceptors (Lipinski definition) is 3. The molecule has 0 aromatic carbocycles. The van der Waals surface area contributed by atoms with Gasteiger partial charge in [-0.1, -0.05) is 37.9 Å². The molecule has 0 aromatic heterocycles. The first-order valence-electron chi connectivity index (χ1n) is 6.64. The number of likely N-dealkylation sites (tertiary alicyclic amines) is 1. The number of carbonyl (C=O) groups is 2. The summed E-state index contributed by atoms with van der Waals surface area (Å²) in [6.45, 7) is 1.73. The van der Waals surface area contributed by atoms with Crippen LogP contribution in [0.2, 0.25) is 0 Å². The molecule has 0 radical (unpaired) electrons. The molecule has 2 N–H and O–H groups in total. The fourth-order valence-corrected chi connectivity index (χ4v) is 3.24. The van der Waals surface area contributed by atoms with Crippen LogP contribution in [0.4, 0.5) is 0 Å². The number of nitrogens with zero attached hydrogens (tertiary/aromatic N) is 1. The van der Waals surface area contributed by atoms with Gasteiger partial charge in [0.2, 0.25) is 11.8 Å². The van der Waals surface area contributed by atoms with E-state index in [1.807, 2.05) is 0 Å². The van der Waals surface area contributed by atoms with Crippen LogP contribution >= 0.6 is 12.2 Å². The molecule has 1 saturated heterocycles. The Morgan fingerprint density at radius 3 is 2.33 bits per heavy atom. The Morgan fingerprint density at radius 1 is 1.28 bits per heavy atom. The Balaban J connectivity index is 2.24. The molecule has 1 spiro atoms. The predicted molar refractivity (Wildman–Crippen MR) is 72.9 cm³/mol. The molecule has 2 aliphatic rings. The van der Waals surface area contributed by atoms with Gasteiger partial charge in [0, 0.05) is 6.42 Å². The lowest BCUT2D eigenvalue weighted by Gasteiger charge is -2.27. The lowest BCUT2D eigenvalue weighted by atomic mass is 9.79. The Bertz CT molecular complexity index is 386. The number of hydrogen-bond donors (Lipinski definition) is 1. The molecule has 1 saturated carbocycles.